The predicted octanol–water partition coefficient (Wildman–Crippen LogP) is 2.77. The minimum atomic E-state index is -2.73. The zero-order chi connectivity index (χ0) is 20.0. The van der Waals surface area contributed by atoms with Crippen LogP contribution in [0.4, 0.5) is 14.5 Å². The quantitative estimate of drug-likeness (QED) is 0.556. The number of amides is 1. The molecule has 0 saturated heterocycles. The van der Waals surface area contributed by atoms with Gasteiger partial charge in [-0.1, -0.05) is 0 Å². The van der Waals surface area contributed by atoms with Crippen LogP contribution in [0.15, 0.2) is 43.2 Å². The van der Waals surface area contributed by atoms with Gasteiger partial charge in [0.25, 0.3) is 12.3 Å². The molecule has 146 valence electrons. The Bertz CT molecular complexity index is 1200. The summed E-state index contributed by atoms with van der Waals surface area (Å²) in [6.07, 6.45) is 6.31. The highest BCUT2D eigenvalue weighted by Gasteiger charge is 2.29. The van der Waals surface area contributed by atoms with E-state index in [2.05, 4.69) is 30.5 Å². The van der Waals surface area contributed by atoms with E-state index in [0.29, 0.717) is 17.2 Å². The van der Waals surface area contributed by atoms with Gasteiger partial charge in [0.1, 0.15) is 23.3 Å². The van der Waals surface area contributed by atoms with Gasteiger partial charge < -0.3 is 5.32 Å². The van der Waals surface area contributed by atoms with Crippen molar-refractivity contribution in [2.45, 2.75) is 25.2 Å². The lowest BCUT2D eigenvalue weighted by molar-refractivity contribution is 0.102. The Morgan fingerprint density at radius 3 is 2.83 bits per heavy atom. The van der Waals surface area contributed by atoms with Crippen LogP contribution < -0.4 is 5.32 Å². The highest BCUT2D eigenvalue weighted by Crippen LogP contribution is 2.40. The molecule has 0 aliphatic heterocycles. The lowest BCUT2D eigenvalue weighted by Gasteiger charge is -2.10. The van der Waals surface area contributed by atoms with Crippen LogP contribution >= 0.6 is 0 Å². The molecule has 11 heteroatoms. The molecule has 1 aliphatic carbocycles. The van der Waals surface area contributed by atoms with Crippen LogP contribution in [0, 0.1) is 0 Å². The van der Waals surface area contributed by atoms with Gasteiger partial charge in [0.15, 0.2) is 11.5 Å². The van der Waals surface area contributed by atoms with Gasteiger partial charge in [0.2, 0.25) is 0 Å². The molecule has 0 radical (unpaired) electrons. The summed E-state index contributed by atoms with van der Waals surface area (Å²) in [7, 11) is 0. The maximum Gasteiger partial charge on any atom is 0.280 e. The Morgan fingerprint density at radius 2 is 2.10 bits per heavy atom. The SMILES string of the molecule is O=C(Nc1cncnc1-n1cccn1)c1cnn2c(C(F)F)cc(C3CC3)nc12. The number of nitrogens with one attached hydrogen (secondary N) is 1. The molecule has 0 aromatic carbocycles. The lowest BCUT2D eigenvalue weighted by Crippen LogP contribution is -2.15. The van der Waals surface area contributed by atoms with Gasteiger partial charge >= 0.3 is 0 Å². The number of nitrogens with zero attached hydrogens (tertiary/aromatic N) is 7. The summed E-state index contributed by atoms with van der Waals surface area (Å²) < 4.78 is 29.5. The first kappa shape index (κ1) is 17.3. The molecule has 4 aromatic rings. The topological polar surface area (TPSA) is 103 Å². The van der Waals surface area contributed by atoms with Gasteiger partial charge in [0, 0.05) is 24.0 Å². The van der Waals surface area contributed by atoms with E-state index in [1.807, 2.05) is 0 Å². The molecule has 1 N–H and O–H groups in total. The summed E-state index contributed by atoms with van der Waals surface area (Å²) in [5, 5.41) is 10.8. The summed E-state index contributed by atoms with van der Waals surface area (Å²) in [4.78, 5) is 25.4. The monoisotopic (exact) mass is 396 g/mol. The number of carbonyl (C=O) groups is 1. The van der Waals surface area contributed by atoms with Crippen molar-refractivity contribution in [3.8, 4) is 5.82 Å². The lowest BCUT2D eigenvalue weighted by atomic mass is 10.2. The van der Waals surface area contributed by atoms with Crippen LogP contribution in [0.1, 0.15) is 46.9 Å². The number of aromatic nitrogens is 7. The minimum Gasteiger partial charge on any atom is -0.317 e. The number of alkyl halides is 2. The zero-order valence-corrected chi connectivity index (χ0v) is 14.9. The highest BCUT2D eigenvalue weighted by atomic mass is 19.3. The average molecular weight is 396 g/mol. The van der Waals surface area contributed by atoms with E-state index < -0.39 is 12.3 Å². The Balaban J connectivity index is 1.54. The zero-order valence-electron chi connectivity index (χ0n) is 14.9. The second kappa shape index (κ2) is 6.69. The van der Waals surface area contributed by atoms with Gasteiger partial charge in [-0.2, -0.15) is 10.2 Å². The molecule has 9 nitrogen and oxygen atoms in total. The molecule has 0 bridgehead atoms. The molecular formula is C18H14F2N8O. The number of anilines is 1. The number of halogens is 2. The Hall–Kier alpha value is -3.76. The van der Waals surface area contributed by atoms with Crippen molar-refractivity contribution in [3.63, 3.8) is 0 Å². The molecule has 0 spiro atoms. The van der Waals surface area contributed by atoms with Crippen molar-refractivity contribution in [2.75, 3.05) is 5.32 Å². The Labute approximate surface area is 162 Å². The standard InChI is InChI=1S/C18H14F2N8O/c19-15(20)14-6-12(10-2-3-10)25-16-11(7-24-28(14)16)18(29)26-13-8-21-9-22-17(13)27-5-1-4-23-27/h1,4-10,15H,2-3H2,(H,26,29). The molecule has 1 amide bonds. The molecule has 1 aliphatic rings. The Kier molecular flexibility index (Phi) is 4.00. The molecule has 1 saturated carbocycles. The Morgan fingerprint density at radius 1 is 1.24 bits per heavy atom. The summed E-state index contributed by atoms with van der Waals surface area (Å²) in [6, 6.07) is 3.08. The van der Waals surface area contributed by atoms with Crippen molar-refractivity contribution < 1.29 is 13.6 Å². The van der Waals surface area contributed by atoms with E-state index in [1.54, 1.807) is 18.5 Å². The third kappa shape index (κ3) is 3.10. The molecule has 0 unspecified atom stereocenters. The number of rotatable bonds is 5. The normalized spacial score (nSPS) is 13.9. The highest BCUT2D eigenvalue weighted by molar-refractivity contribution is 6.08. The summed E-state index contributed by atoms with van der Waals surface area (Å²) in [5.74, 6) is -0.0316. The van der Waals surface area contributed by atoms with Crippen molar-refractivity contribution in [3.05, 3.63) is 60.2 Å². The summed E-state index contributed by atoms with van der Waals surface area (Å²) in [6.45, 7) is 0. The van der Waals surface area contributed by atoms with Crippen LogP contribution in [0.3, 0.4) is 0 Å². The minimum absolute atomic E-state index is 0.0877. The predicted molar refractivity (Wildman–Crippen MR) is 97.0 cm³/mol. The van der Waals surface area contributed by atoms with Gasteiger partial charge in [-0.15, -0.1) is 0 Å². The van der Waals surface area contributed by atoms with Crippen molar-refractivity contribution in [1.29, 1.82) is 0 Å². The third-order valence-corrected chi connectivity index (χ3v) is 4.64. The first-order valence-electron chi connectivity index (χ1n) is 8.90. The van der Waals surface area contributed by atoms with Crippen molar-refractivity contribution in [1.82, 2.24) is 34.3 Å². The van der Waals surface area contributed by atoms with E-state index in [0.717, 1.165) is 17.4 Å². The van der Waals surface area contributed by atoms with Gasteiger partial charge in [-0.05, 0) is 25.0 Å². The molecular weight excluding hydrogens is 382 g/mol. The van der Waals surface area contributed by atoms with Crippen LogP contribution in [-0.4, -0.2) is 40.3 Å². The first-order valence-corrected chi connectivity index (χ1v) is 8.90. The molecule has 4 heterocycles. The number of hydrogen-bond acceptors (Lipinski definition) is 6. The molecule has 5 rings (SSSR count). The van der Waals surface area contributed by atoms with Crippen LogP contribution in [0.2, 0.25) is 0 Å². The molecule has 29 heavy (non-hydrogen) atoms. The van der Waals surface area contributed by atoms with Crippen molar-refractivity contribution >= 4 is 17.2 Å². The first-order chi connectivity index (χ1) is 14.1. The van der Waals surface area contributed by atoms with Crippen LogP contribution in [-0.2, 0) is 0 Å². The third-order valence-electron chi connectivity index (χ3n) is 4.64. The average Bonchev–Trinajstić information content (AvgIpc) is 3.25. The van der Waals surface area contributed by atoms with E-state index >= 15 is 0 Å². The summed E-state index contributed by atoms with van der Waals surface area (Å²) >= 11 is 0. The van der Waals surface area contributed by atoms with E-state index in [4.69, 9.17) is 0 Å². The largest absolute Gasteiger partial charge is 0.317 e. The number of hydrogen-bond donors (Lipinski definition) is 1. The maximum absolute atomic E-state index is 13.5. The van der Waals surface area contributed by atoms with E-state index in [-0.39, 0.29) is 22.8 Å². The summed E-state index contributed by atoms with van der Waals surface area (Å²) in [5.41, 5.74) is 0.774. The fourth-order valence-electron chi connectivity index (χ4n) is 3.09. The fourth-order valence-corrected chi connectivity index (χ4v) is 3.09. The number of carbonyl (C=O) groups excluding carboxylic acids is 1. The van der Waals surface area contributed by atoms with Crippen LogP contribution in [0.5, 0.6) is 0 Å². The van der Waals surface area contributed by atoms with Crippen LogP contribution in [0.25, 0.3) is 11.5 Å². The van der Waals surface area contributed by atoms with Gasteiger partial charge in [-0.25, -0.2) is 32.9 Å². The van der Waals surface area contributed by atoms with E-state index in [9.17, 15) is 13.6 Å². The molecule has 0 atom stereocenters. The molecule has 1 fully saturated rings. The molecule has 4 aromatic heterocycles. The van der Waals surface area contributed by atoms with E-state index in [1.165, 1.54) is 29.5 Å². The fraction of sp³-hybridized carbons (Fsp3) is 0.222. The second-order valence-corrected chi connectivity index (χ2v) is 6.64. The maximum atomic E-state index is 13.5. The second-order valence-electron chi connectivity index (χ2n) is 6.64. The smallest absolute Gasteiger partial charge is 0.280 e. The number of fused-ring (bicyclic) bond motifs is 1. The van der Waals surface area contributed by atoms with Crippen molar-refractivity contribution in [2.24, 2.45) is 0 Å². The van der Waals surface area contributed by atoms with Gasteiger partial charge in [0.05, 0.1) is 12.4 Å². The van der Waals surface area contributed by atoms with Gasteiger partial charge in [-0.3, -0.25) is 4.79 Å².